The van der Waals surface area contributed by atoms with Crippen molar-refractivity contribution in [2.45, 2.75) is 38.8 Å². The summed E-state index contributed by atoms with van der Waals surface area (Å²) in [5, 5.41) is 1.16. The number of carbonyl (C=O) groups excluding carboxylic acids is 1. The monoisotopic (exact) mass is 568 g/mol. The van der Waals surface area contributed by atoms with Crippen LogP contribution in [0.15, 0.2) is 93.9 Å². The summed E-state index contributed by atoms with van der Waals surface area (Å²) < 4.78 is 9.87. The Morgan fingerprint density at radius 2 is 1.67 bits per heavy atom. The van der Waals surface area contributed by atoms with Crippen LogP contribution in [0, 0.1) is 6.92 Å². The average Bonchev–Trinajstić information content (AvgIpc) is 3.39. The number of aryl methyl sites for hydroxylation is 1. The van der Waals surface area contributed by atoms with E-state index in [2.05, 4.69) is 16.6 Å². The highest BCUT2D eigenvalue weighted by molar-refractivity contribution is 7.99. The topological polar surface area (TPSA) is 132 Å². The van der Waals surface area contributed by atoms with E-state index < -0.39 is 5.91 Å². The van der Waals surface area contributed by atoms with Crippen molar-refractivity contribution in [1.82, 2.24) is 9.73 Å². The van der Waals surface area contributed by atoms with E-state index in [1.807, 2.05) is 101 Å². The fourth-order valence-electron chi connectivity index (χ4n) is 2.84. The van der Waals surface area contributed by atoms with Crippen LogP contribution >= 0.6 is 23.3 Å². The van der Waals surface area contributed by atoms with Gasteiger partial charge in [0.15, 0.2) is 0 Å². The minimum atomic E-state index is -0.514. The number of ether oxygens (including phenoxy) is 1. The van der Waals surface area contributed by atoms with Crippen LogP contribution in [0.2, 0.25) is 0 Å². The number of aliphatic imine (C=N–C) groups is 1. The predicted molar refractivity (Wildman–Crippen MR) is 167 cm³/mol. The molecule has 0 saturated carbocycles. The Morgan fingerprint density at radius 1 is 1.03 bits per heavy atom. The molecule has 1 heterocycles. The number of benzene rings is 2. The molecule has 0 bridgehead atoms. The number of nitrogens with one attached hydrogen (secondary N) is 1. The first-order valence-electron chi connectivity index (χ1n) is 12.5. The number of amides is 1. The quantitative estimate of drug-likeness (QED) is 0.0955. The predicted octanol–water partition coefficient (Wildman–Crippen LogP) is 6.07. The Labute approximate surface area is 240 Å². The van der Waals surface area contributed by atoms with E-state index in [0.717, 1.165) is 31.3 Å². The summed E-state index contributed by atoms with van der Waals surface area (Å²) >= 11 is 3.12. The maximum Gasteiger partial charge on any atom is 0.238 e. The van der Waals surface area contributed by atoms with Crippen LogP contribution in [-0.2, 0) is 4.79 Å². The van der Waals surface area contributed by atoms with Crippen LogP contribution in [0.5, 0.6) is 11.5 Å². The molecule has 0 spiro atoms. The summed E-state index contributed by atoms with van der Waals surface area (Å²) in [4.78, 5) is 16.1. The van der Waals surface area contributed by atoms with E-state index in [-0.39, 0.29) is 6.54 Å². The van der Waals surface area contributed by atoms with Gasteiger partial charge in [0.2, 0.25) is 5.91 Å². The van der Waals surface area contributed by atoms with Crippen LogP contribution in [-0.4, -0.2) is 30.2 Å². The lowest BCUT2D eigenvalue weighted by Crippen LogP contribution is -2.36. The van der Waals surface area contributed by atoms with Gasteiger partial charge in [-0.25, -0.2) is 5.84 Å². The summed E-state index contributed by atoms with van der Waals surface area (Å²) in [6.07, 6.45) is 5.23. The van der Waals surface area contributed by atoms with Gasteiger partial charge in [-0.3, -0.25) is 14.5 Å². The van der Waals surface area contributed by atoms with Crippen LogP contribution in [0.3, 0.4) is 0 Å². The van der Waals surface area contributed by atoms with E-state index in [0.29, 0.717) is 12.2 Å². The maximum atomic E-state index is 10.7. The fourth-order valence-corrected chi connectivity index (χ4v) is 4.73. The minimum Gasteiger partial charge on any atom is -0.457 e. The molecule has 0 aliphatic heterocycles. The number of nitrogens with two attached hydrogens (primary N) is 3. The van der Waals surface area contributed by atoms with Gasteiger partial charge < -0.3 is 21.2 Å². The second kappa shape index (κ2) is 19.5. The van der Waals surface area contributed by atoms with Gasteiger partial charge in [0.1, 0.15) is 18.0 Å². The summed E-state index contributed by atoms with van der Waals surface area (Å²) in [5.41, 5.74) is 13.6. The van der Waals surface area contributed by atoms with Crippen molar-refractivity contribution in [3.63, 3.8) is 0 Å². The molecule has 1 aromatic heterocycles. The van der Waals surface area contributed by atoms with Crippen molar-refractivity contribution >= 4 is 41.1 Å². The number of allylic oxidation sites excluding steroid dienone is 1. The van der Waals surface area contributed by atoms with Crippen molar-refractivity contribution in [2.75, 3.05) is 13.1 Å². The lowest BCUT2D eigenvalue weighted by atomic mass is 10.2. The Kier molecular flexibility index (Phi) is 16.7. The number of thiophene rings is 1. The van der Waals surface area contributed by atoms with Crippen molar-refractivity contribution in [3.8, 4) is 11.5 Å². The van der Waals surface area contributed by atoms with Gasteiger partial charge in [-0.15, -0.1) is 11.3 Å². The van der Waals surface area contributed by atoms with Crippen molar-refractivity contribution < 1.29 is 9.53 Å². The average molecular weight is 569 g/mol. The normalized spacial score (nSPS) is 11.2. The maximum absolute atomic E-state index is 10.7. The lowest BCUT2D eigenvalue weighted by molar-refractivity contribution is -0.118. The highest BCUT2D eigenvalue weighted by atomic mass is 32.2. The van der Waals surface area contributed by atoms with Crippen LogP contribution in [0.4, 0.5) is 0 Å². The first-order chi connectivity index (χ1) is 18.8. The zero-order valence-electron chi connectivity index (χ0n) is 23.3. The molecule has 7 N–H and O–H groups in total. The smallest absolute Gasteiger partial charge is 0.238 e. The number of para-hydroxylation sites is 1. The van der Waals surface area contributed by atoms with Gasteiger partial charge in [-0.05, 0) is 69.1 Å². The highest BCUT2D eigenvalue weighted by Crippen LogP contribution is 2.30. The van der Waals surface area contributed by atoms with Crippen LogP contribution in [0.1, 0.15) is 38.1 Å². The SMILES string of the molecule is CC.CC=N/C(=C\C)c1ccc(SNC/C(N)=C/N(N)CC(N)=O)s1.Cc1ccc(Oc2ccccc2)cc1. The second-order valence-corrected chi connectivity index (χ2v) is 9.95. The third kappa shape index (κ3) is 14.2. The number of hydrogen-bond donors (Lipinski definition) is 4. The number of carbonyl (C=O) groups is 1. The van der Waals surface area contributed by atoms with E-state index in [1.54, 1.807) is 17.6 Å². The van der Waals surface area contributed by atoms with E-state index >= 15 is 0 Å². The van der Waals surface area contributed by atoms with Gasteiger partial charge in [0.25, 0.3) is 0 Å². The van der Waals surface area contributed by atoms with Gasteiger partial charge >= 0.3 is 0 Å². The summed E-state index contributed by atoms with van der Waals surface area (Å²) in [6, 6.07) is 21.9. The molecule has 0 fully saturated rings. The highest BCUT2D eigenvalue weighted by Gasteiger charge is 2.05. The number of rotatable bonds is 11. The van der Waals surface area contributed by atoms with Crippen molar-refractivity contribution in [3.05, 3.63) is 95.1 Å². The molecule has 0 unspecified atom stereocenters. The Hall–Kier alpha value is -3.57. The van der Waals surface area contributed by atoms with Crippen molar-refractivity contribution in [2.24, 2.45) is 22.3 Å². The van der Waals surface area contributed by atoms with E-state index in [9.17, 15) is 4.79 Å². The molecule has 8 nitrogen and oxygen atoms in total. The van der Waals surface area contributed by atoms with Gasteiger partial charge in [-0.1, -0.05) is 55.8 Å². The van der Waals surface area contributed by atoms with Gasteiger partial charge in [0.05, 0.1) is 14.8 Å². The fraction of sp³-hybridized carbons (Fsp3) is 0.241. The number of hydrazine groups is 1. The first kappa shape index (κ1) is 33.5. The third-order valence-electron chi connectivity index (χ3n) is 4.49. The molecule has 0 aliphatic carbocycles. The molecule has 210 valence electrons. The second-order valence-electron chi connectivity index (χ2n) is 7.67. The van der Waals surface area contributed by atoms with Crippen LogP contribution < -0.4 is 26.8 Å². The van der Waals surface area contributed by atoms with Crippen LogP contribution in [0.25, 0.3) is 5.70 Å². The number of hydrogen-bond acceptors (Lipinski definition) is 9. The molecular weight excluding hydrogens is 528 g/mol. The minimum absolute atomic E-state index is 0.0772. The molecule has 0 radical (unpaired) electrons. The molecular formula is C29H40N6O2S2. The van der Waals surface area contributed by atoms with Gasteiger partial charge in [-0.2, -0.15) is 0 Å². The summed E-state index contributed by atoms with van der Waals surface area (Å²) in [5.74, 6) is 6.80. The molecule has 1 amide bonds. The molecule has 2 aromatic carbocycles. The molecule has 0 saturated heterocycles. The first-order valence-corrected chi connectivity index (χ1v) is 14.1. The Balaban J connectivity index is 0.000000403. The lowest BCUT2D eigenvalue weighted by Gasteiger charge is -2.12. The standard InChI is InChI=1S/C14H22N6OS2.C13H12O.C2H6/c1-3-11(18-4-2)12-5-6-14(22-12)23-19-7-10(15)8-20(17)9-13(16)21;1-11-7-9-13(10-8-11)14-12-5-3-2-4-6-12;1-2/h3-6,8,19H,7,9,15,17H2,1-2H3,(H2,16,21);2-10H,1H3;1-2H3/b10-8-,11-3-,18-4?;;. The molecule has 0 atom stereocenters. The largest absolute Gasteiger partial charge is 0.457 e. The molecule has 3 aromatic rings. The van der Waals surface area contributed by atoms with E-state index in [4.69, 9.17) is 22.0 Å². The molecule has 39 heavy (non-hydrogen) atoms. The molecule has 0 aliphatic rings. The number of primary amides is 1. The van der Waals surface area contributed by atoms with E-state index in [1.165, 1.54) is 23.7 Å². The molecule has 10 heteroatoms. The van der Waals surface area contributed by atoms with Gasteiger partial charge in [0, 0.05) is 24.7 Å². The zero-order valence-corrected chi connectivity index (χ0v) is 24.9. The molecule has 3 rings (SSSR count). The number of nitrogens with zero attached hydrogens (tertiary/aromatic N) is 2. The Bertz CT molecular complexity index is 1190. The Morgan fingerprint density at radius 3 is 2.26 bits per heavy atom. The summed E-state index contributed by atoms with van der Waals surface area (Å²) in [7, 11) is 0. The van der Waals surface area contributed by atoms with Crippen molar-refractivity contribution in [1.29, 1.82) is 0 Å². The third-order valence-corrected chi connectivity index (χ3v) is 6.52. The zero-order chi connectivity index (χ0) is 29.0. The summed E-state index contributed by atoms with van der Waals surface area (Å²) in [6.45, 7) is 10.3.